The zero-order valence-electron chi connectivity index (χ0n) is 50.8. The molecular weight excluding hydrogens is 1370 g/mol. The van der Waals surface area contributed by atoms with Crippen molar-refractivity contribution >= 4 is 46.9 Å². The van der Waals surface area contributed by atoms with Crippen LogP contribution in [0.4, 0.5) is 0 Å². The van der Waals surface area contributed by atoms with E-state index in [-0.39, 0.29) is 11.1 Å². The van der Waals surface area contributed by atoms with E-state index in [2.05, 4.69) is 0 Å². The minimum atomic E-state index is -5.83. The molecule has 2 unspecified atom stereocenters. The topological polar surface area (TPSA) is 316 Å². The van der Waals surface area contributed by atoms with Crippen molar-refractivity contribution in [2.45, 2.75) is 128 Å². The first-order valence-corrected chi connectivity index (χ1v) is 39.0. The molecule has 5 aliphatic heterocycles. The molecule has 13 rings (SSSR count). The minimum Gasteiger partial charge on any atom is -0.282 e. The molecule has 8 atom stereocenters. The quantitative estimate of drug-likeness (QED) is 0.0640. The summed E-state index contributed by atoms with van der Waals surface area (Å²) < 4.78 is 212. The molecule has 26 nitrogen and oxygen atoms in total. The second kappa shape index (κ2) is 29.9. The van der Waals surface area contributed by atoms with Crippen LogP contribution >= 0.6 is 46.9 Å². The van der Waals surface area contributed by atoms with Crippen LogP contribution in [0.3, 0.4) is 0 Å². The van der Waals surface area contributed by atoms with Gasteiger partial charge >= 0.3 is 46.9 Å². The summed E-state index contributed by atoms with van der Waals surface area (Å²) in [6, 6.07) is 53.9. The lowest BCUT2D eigenvalue weighted by molar-refractivity contribution is -0.209. The molecule has 0 spiro atoms. The van der Waals surface area contributed by atoms with Crippen LogP contribution in [0.2, 0.25) is 0 Å². The van der Waals surface area contributed by atoms with E-state index in [0.29, 0.717) is 55.6 Å². The minimum absolute atomic E-state index is 0.246. The number of phosphoric acid groups is 6. The van der Waals surface area contributed by atoms with Crippen LogP contribution in [0.5, 0.6) is 0 Å². The monoisotopic (exact) mass is 1430 g/mol. The largest absolute Gasteiger partial charge is 0.476 e. The molecule has 5 heterocycles. The number of benzene rings is 7. The first kappa shape index (κ1) is 68.7. The highest BCUT2D eigenvalue weighted by molar-refractivity contribution is 7.50. The van der Waals surface area contributed by atoms with Crippen LogP contribution in [-0.4, -0.2) is 36.6 Å². The molecule has 96 heavy (non-hydrogen) atoms. The average Bonchev–Trinajstić information content (AvgIpc) is 0.897. The fraction of sp³-hybridized carbons (Fsp3) is 0.312. The molecule has 1 aliphatic carbocycles. The Labute approximate surface area is 552 Å². The fourth-order valence-corrected chi connectivity index (χ4v) is 19.6. The summed E-state index contributed by atoms with van der Waals surface area (Å²) in [5.41, 5.74) is 5.43. The van der Waals surface area contributed by atoms with Gasteiger partial charge in [-0.2, -0.15) is 10.5 Å². The summed E-state index contributed by atoms with van der Waals surface area (Å²) in [5, 5.41) is 21.0. The molecule has 1 saturated carbocycles. The molecular formula is C64H62N2O24P6. The van der Waals surface area contributed by atoms with E-state index in [1.54, 1.807) is 182 Å². The van der Waals surface area contributed by atoms with E-state index in [0.717, 1.165) is 0 Å². The van der Waals surface area contributed by atoms with Crippen molar-refractivity contribution in [1.29, 1.82) is 10.5 Å². The van der Waals surface area contributed by atoms with Crippen molar-refractivity contribution in [3.8, 4) is 12.1 Å². The maximum absolute atomic E-state index is 17.0. The lowest BCUT2D eigenvalue weighted by Gasteiger charge is -2.50. The van der Waals surface area contributed by atoms with Gasteiger partial charge in [-0.15, -0.1) is 0 Å². The molecule has 1 fully saturated rings. The van der Waals surface area contributed by atoms with Crippen LogP contribution in [0.15, 0.2) is 182 Å². The Kier molecular flexibility index (Phi) is 21.4. The normalized spacial score (nSPS) is 24.6. The van der Waals surface area contributed by atoms with Crippen molar-refractivity contribution in [3.63, 3.8) is 0 Å². The van der Waals surface area contributed by atoms with Crippen molar-refractivity contribution < 1.29 is 109 Å². The summed E-state index contributed by atoms with van der Waals surface area (Å²) in [6.07, 6.45) is -19.6. The summed E-state index contributed by atoms with van der Waals surface area (Å²) in [6.45, 7) is -4.58. The van der Waals surface area contributed by atoms with Gasteiger partial charge in [-0.05, 0) is 66.8 Å². The van der Waals surface area contributed by atoms with Gasteiger partial charge in [0.15, 0.2) is 0 Å². The fourth-order valence-electron chi connectivity index (χ4n) is 11.2. The molecule has 7 aromatic carbocycles. The summed E-state index contributed by atoms with van der Waals surface area (Å²) in [7, 11) is -32.4. The van der Waals surface area contributed by atoms with Crippen LogP contribution in [0, 0.1) is 22.7 Å². The molecule has 7 aromatic rings. The Morgan fingerprint density at radius 3 is 0.708 bits per heavy atom. The van der Waals surface area contributed by atoms with E-state index in [1.165, 1.54) is 0 Å². The lowest BCUT2D eigenvalue weighted by atomic mass is 9.85. The van der Waals surface area contributed by atoms with E-state index in [1.807, 2.05) is 12.1 Å². The van der Waals surface area contributed by atoms with Gasteiger partial charge in [0.1, 0.15) is 48.8 Å². The van der Waals surface area contributed by atoms with Gasteiger partial charge < -0.3 is 0 Å². The predicted octanol–water partition coefficient (Wildman–Crippen LogP) is 16.0. The zero-order chi connectivity index (χ0) is 66.4. The van der Waals surface area contributed by atoms with E-state index in [4.69, 9.17) is 81.4 Å². The van der Waals surface area contributed by atoms with E-state index < -0.39 is 175 Å². The van der Waals surface area contributed by atoms with Crippen molar-refractivity contribution in [3.05, 3.63) is 249 Å². The summed E-state index contributed by atoms with van der Waals surface area (Å²) in [4.78, 5) is 0. The van der Waals surface area contributed by atoms with Gasteiger partial charge in [0.05, 0.1) is 91.0 Å². The van der Waals surface area contributed by atoms with Crippen LogP contribution in [0.1, 0.15) is 91.8 Å². The molecule has 32 heteroatoms. The van der Waals surface area contributed by atoms with Crippen LogP contribution < -0.4 is 0 Å². The van der Waals surface area contributed by atoms with Crippen LogP contribution in [-0.2, 0) is 175 Å². The van der Waals surface area contributed by atoms with Gasteiger partial charge in [-0.25, -0.2) is 27.4 Å². The maximum Gasteiger partial charge on any atom is 0.476 e. The number of hydrogen-bond acceptors (Lipinski definition) is 26. The summed E-state index contributed by atoms with van der Waals surface area (Å²) in [5.74, 6) is 0. The van der Waals surface area contributed by atoms with Gasteiger partial charge in [0, 0.05) is 0 Å². The Morgan fingerprint density at radius 1 is 0.323 bits per heavy atom. The predicted molar refractivity (Wildman–Crippen MR) is 336 cm³/mol. The lowest BCUT2D eigenvalue weighted by Crippen LogP contribution is -2.66. The highest BCUT2D eigenvalue weighted by atomic mass is 31.2. The number of phosphoric ester groups is 6. The second-order valence-corrected chi connectivity index (χ2v) is 32.1. The Bertz CT molecular complexity index is 3950. The zero-order valence-corrected chi connectivity index (χ0v) is 56.2. The number of nitrogens with zero attached hydrogens (tertiary/aromatic N) is 2. The van der Waals surface area contributed by atoms with Crippen molar-refractivity contribution in [1.82, 2.24) is 0 Å². The molecule has 0 N–H and O–H groups in total. The number of fused-ring (bicyclic) bond motifs is 5. The first-order chi connectivity index (χ1) is 46.5. The Morgan fingerprint density at radius 2 is 0.510 bits per heavy atom. The molecule has 6 aliphatic rings. The molecule has 0 radical (unpaired) electrons. The Hall–Kier alpha value is -5.82. The van der Waals surface area contributed by atoms with Crippen molar-refractivity contribution in [2.24, 2.45) is 0 Å². The first-order valence-electron chi connectivity index (χ1n) is 30.2. The van der Waals surface area contributed by atoms with Crippen LogP contribution in [0.25, 0.3) is 0 Å². The van der Waals surface area contributed by atoms with E-state index in [9.17, 15) is 10.5 Å². The highest BCUT2D eigenvalue weighted by Crippen LogP contribution is 2.68. The third kappa shape index (κ3) is 16.2. The average molecular weight is 1430 g/mol. The molecule has 502 valence electrons. The number of hydrogen-bond donors (Lipinski definition) is 0. The van der Waals surface area contributed by atoms with Gasteiger partial charge in [0.25, 0.3) is 0 Å². The molecule has 0 aromatic heterocycles. The number of rotatable bonds is 20. The third-order valence-electron chi connectivity index (χ3n) is 16.2. The highest BCUT2D eigenvalue weighted by Gasteiger charge is 2.66. The third-order valence-corrected chi connectivity index (χ3v) is 24.7. The van der Waals surface area contributed by atoms with Crippen molar-refractivity contribution in [2.75, 3.05) is 0 Å². The molecule has 0 bridgehead atoms. The smallest absolute Gasteiger partial charge is 0.282 e. The second-order valence-electron chi connectivity index (χ2n) is 22.4. The number of nitriles is 2. The maximum atomic E-state index is 17.0. The van der Waals surface area contributed by atoms with Gasteiger partial charge in [0.2, 0.25) is 0 Å². The van der Waals surface area contributed by atoms with Gasteiger partial charge in [-0.3, -0.25) is 81.4 Å². The Balaban J connectivity index is 1.05. The van der Waals surface area contributed by atoms with E-state index >= 15 is 27.4 Å². The van der Waals surface area contributed by atoms with Gasteiger partial charge in [-0.1, -0.05) is 182 Å². The molecule has 0 saturated heterocycles. The SMILES string of the molecule is N#CC[C@@H](OP(=O)(OC1[C@H](OP2(=O)OCc3ccccc3CO2)[C@H](OP2(=O)OCc3ccccc3CO2)C(OP2(=O)OCc3ccccc3CO2)[C@H](OP2(=O)OCc3ccccc3CO2)[C@H]1OP1(=O)OCc2ccccc2CO1)O[C@H](CC#N)c1ccccc1)c1ccccc1. The standard InChI is InChI=1S/C64H62N2O24P6/c65-33-31-57(45-17-3-1-4-18-45)83-96(72,84-58(32-34-66)46-19-5-2-6-20-46)90-64-62(88-94(70)79-41-53-27-13-14-28-54(53)42-80-94)60(86-92(68)75-37-49-23-9-10-24-50(49)38-76-92)59(85-91(67)73-35-47-21-7-8-22-48(47)36-74-91)61(87-93(69)77-39-51-25-11-12-26-52(51)40-78-93)63(64)89-95(71)81-43-55-29-15-16-30-56(55)44-82-95/h1-30,57-64H,31-32,35-44H2/t57-,58-,59?,60-,61+,62-,63-,64?/m1/s1. The summed E-state index contributed by atoms with van der Waals surface area (Å²) >= 11 is 0. The molecule has 0 amide bonds.